The number of halogens is 4. The van der Waals surface area contributed by atoms with Crippen LogP contribution >= 0.6 is 90.4 Å². The molecule has 3 aromatic carbocycles. The molecule has 0 atom stereocenters. The second-order valence-corrected chi connectivity index (χ2v) is 11.0. The van der Waals surface area contributed by atoms with Gasteiger partial charge in [0.25, 0.3) is 0 Å². The van der Waals surface area contributed by atoms with Crippen LogP contribution in [0.1, 0.15) is 27.0 Å². The molecule has 2 aliphatic heterocycles. The first kappa shape index (κ1) is 27.0. The summed E-state index contributed by atoms with van der Waals surface area (Å²) in [6.45, 7) is 0. The molecular formula is C20H10I4Na2O5. The maximum absolute atomic E-state index is 12.9. The van der Waals surface area contributed by atoms with Crippen molar-refractivity contribution >= 4 is 155 Å². The van der Waals surface area contributed by atoms with E-state index in [1.165, 1.54) is 0 Å². The first-order chi connectivity index (χ1) is 13.8. The number of esters is 1. The Bertz CT molecular complexity index is 1200. The van der Waals surface area contributed by atoms with Gasteiger partial charge in [-0.05, 0) is 109 Å². The van der Waals surface area contributed by atoms with Crippen LogP contribution in [-0.2, 0) is 10.3 Å². The summed E-state index contributed by atoms with van der Waals surface area (Å²) in [7, 11) is 0. The van der Waals surface area contributed by atoms with E-state index >= 15 is 0 Å². The van der Waals surface area contributed by atoms with Gasteiger partial charge in [0.1, 0.15) is 11.5 Å². The minimum atomic E-state index is -1.22. The monoisotopic (exact) mass is 884 g/mol. The van der Waals surface area contributed by atoms with E-state index < -0.39 is 11.6 Å². The molecule has 0 saturated heterocycles. The van der Waals surface area contributed by atoms with Gasteiger partial charge in [-0.25, -0.2) is 4.79 Å². The zero-order chi connectivity index (χ0) is 20.7. The predicted molar refractivity (Wildman–Crippen MR) is 153 cm³/mol. The standard InChI is InChI=1S/C20H8I4O5.2Na.2H/c21-11-5-9-17(13(23)15(11)25)28-18-10(6-12(22)16(26)14(18)24)20(9)8-4-2-1-3-7(8)19(27)29-20;;;;/h1-6,25-26H;;;;. The fourth-order valence-corrected chi connectivity index (χ4v) is 7.35. The Kier molecular flexibility index (Phi) is 8.58. The Hall–Kier alpha value is 1.45. The topological polar surface area (TPSA) is 76.0 Å². The van der Waals surface area contributed by atoms with Crippen LogP contribution in [0.2, 0.25) is 0 Å². The van der Waals surface area contributed by atoms with Gasteiger partial charge < -0.3 is 19.7 Å². The second kappa shape index (κ2) is 9.84. The van der Waals surface area contributed by atoms with Crippen molar-refractivity contribution in [3.8, 4) is 23.0 Å². The molecular weight excluding hydrogens is 874 g/mol. The quantitative estimate of drug-likeness (QED) is 0.193. The fourth-order valence-electron chi connectivity index (χ4n) is 3.77. The summed E-state index contributed by atoms with van der Waals surface area (Å²) in [6, 6.07) is 10.9. The molecule has 31 heavy (non-hydrogen) atoms. The van der Waals surface area contributed by atoms with Crippen molar-refractivity contribution in [2.45, 2.75) is 5.60 Å². The Labute approximate surface area is 276 Å². The molecule has 150 valence electrons. The number of fused-ring (bicyclic) bond motifs is 6. The van der Waals surface area contributed by atoms with Gasteiger partial charge in [0.2, 0.25) is 0 Å². The van der Waals surface area contributed by atoms with E-state index in [1.807, 2.05) is 57.3 Å². The third-order valence-electron chi connectivity index (χ3n) is 5.03. The number of carbonyl (C=O) groups is 1. The Balaban J connectivity index is 0.00000136. The van der Waals surface area contributed by atoms with Crippen molar-refractivity contribution in [3.63, 3.8) is 0 Å². The third-order valence-corrected chi connectivity index (χ3v) is 8.68. The number of aromatic hydroxyl groups is 2. The van der Waals surface area contributed by atoms with Crippen LogP contribution < -0.4 is 4.74 Å². The summed E-state index contributed by atoms with van der Waals surface area (Å²) in [6.07, 6.45) is 0. The molecule has 0 fully saturated rings. The molecule has 0 radical (unpaired) electrons. The number of carbonyl (C=O) groups excluding carboxylic acids is 1. The van der Waals surface area contributed by atoms with Crippen LogP contribution in [0.15, 0.2) is 36.4 Å². The number of ether oxygens (including phenoxy) is 2. The zero-order valence-corrected chi connectivity index (χ0v) is 22.7. The maximum atomic E-state index is 12.9. The number of phenols is 2. The van der Waals surface area contributed by atoms with E-state index in [4.69, 9.17) is 9.47 Å². The van der Waals surface area contributed by atoms with E-state index in [0.717, 1.165) is 0 Å². The summed E-state index contributed by atoms with van der Waals surface area (Å²) in [5.41, 5.74) is 1.27. The van der Waals surface area contributed by atoms with Crippen LogP contribution in [-0.4, -0.2) is 75.3 Å². The summed E-state index contributed by atoms with van der Waals surface area (Å²) < 4.78 is 14.6. The minimum absolute atomic E-state index is 0. The molecule has 3 aromatic rings. The molecule has 2 heterocycles. The molecule has 5 rings (SSSR count). The van der Waals surface area contributed by atoms with Gasteiger partial charge >= 0.3 is 65.1 Å². The first-order valence-electron chi connectivity index (χ1n) is 8.21. The molecule has 0 saturated carbocycles. The molecule has 5 nitrogen and oxygen atoms in total. The summed E-state index contributed by atoms with van der Waals surface area (Å²) in [4.78, 5) is 12.9. The van der Waals surface area contributed by atoms with Crippen LogP contribution in [0.5, 0.6) is 23.0 Å². The predicted octanol–water partition coefficient (Wildman–Crippen LogP) is 4.79. The van der Waals surface area contributed by atoms with Crippen LogP contribution in [0.25, 0.3) is 0 Å². The SMILES string of the molecule is O=C1OC2(c3ccccc31)c1cc(I)c(O)c(I)c1Oc1c2cc(I)c(O)c1I.[NaH].[NaH]. The van der Waals surface area contributed by atoms with Crippen LogP contribution in [0.3, 0.4) is 0 Å². The van der Waals surface area contributed by atoms with Gasteiger partial charge in [-0.15, -0.1) is 0 Å². The molecule has 11 heteroatoms. The van der Waals surface area contributed by atoms with Gasteiger partial charge in [0.05, 0.1) is 31.0 Å². The molecule has 2 aliphatic rings. The molecule has 1 spiro atoms. The molecule has 0 amide bonds. The van der Waals surface area contributed by atoms with Gasteiger partial charge in [-0.3, -0.25) is 0 Å². The Morgan fingerprint density at radius 2 is 1.26 bits per heavy atom. The Morgan fingerprint density at radius 3 is 1.77 bits per heavy atom. The third kappa shape index (κ3) is 3.92. The van der Waals surface area contributed by atoms with Crippen molar-refractivity contribution in [1.29, 1.82) is 0 Å². The van der Waals surface area contributed by atoms with E-state index in [9.17, 15) is 15.0 Å². The average molecular weight is 884 g/mol. The van der Waals surface area contributed by atoms with Crippen LogP contribution in [0.4, 0.5) is 0 Å². The second-order valence-electron chi connectivity index (χ2n) is 6.51. The van der Waals surface area contributed by atoms with E-state index in [-0.39, 0.29) is 70.6 Å². The van der Waals surface area contributed by atoms with E-state index in [1.54, 1.807) is 24.3 Å². The average Bonchev–Trinajstić information content (AvgIpc) is 3.00. The number of phenolic OH excluding ortho intramolecular Hbond substituents is 2. The first-order valence-corrected chi connectivity index (χ1v) is 12.5. The zero-order valence-electron chi connectivity index (χ0n) is 14.1. The number of rotatable bonds is 0. The molecule has 0 unspecified atom stereocenters. The van der Waals surface area contributed by atoms with Gasteiger partial charge in [0, 0.05) is 5.56 Å². The van der Waals surface area contributed by atoms with E-state index in [0.29, 0.717) is 48.0 Å². The number of hydrogen-bond acceptors (Lipinski definition) is 5. The van der Waals surface area contributed by atoms with Gasteiger partial charge in [-0.1, -0.05) is 18.2 Å². The molecule has 0 aromatic heterocycles. The Morgan fingerprint density at radius 1 is 0.774 bits per heavy atom. The van der Waals surface area contributed by atoms with Crippen molar-refractivity contribution in [2.75, 3.05) is 0 Å². The summed E-state index contributed by atoms with van der Waals surface area (Å²) in [5.74, 6) is 0.616. The van der Waals surface area contributed by atoms with Crippen molar-refractivity contribution in [3.05, 3.63) is 72.9 Å². The molecule has 2 N–H and O–H groups in total. The van der Waals surface area contributed by atoms with Gasteiger partial charge in [-0.2, -0.15) is 0 Å². The molecule has 0 bridgehead atoms. The normalized spacial score (nSPS) is 14.4. The van der Waals surface area contributed by atoms with Crippen molar-refractivity contribution in [1.82, 2.24) is 0 Å². The number of hydrogen-bond donors (Lipinski definition) is 2. The van der Waals surface area contributed by atoms with Crippen LogP contribution in [0, 0.1) is 14.3 Å². The summed E-state index contributed by atoms with van der Waals surface area (Å²) >= 11 is 8.17. The molecule has 0 aliphatic carbocycles. The van der Waals surface area contributed by atoms with Crippen molar-refractivity contribution < 1.29 is 24.5 Å². The van der Waals surface area contributed by atoms with Gasteiger partial charge in [0.15, 0.2) is 17.1 Å². The van der Waals surface area contributed by atoms with Crippen molar-refractivity contribution in [2.24, 2.45) is 0 Å². The van der Waals surface area contributed by atoms with E-state index in [2.05, 4.69) is 45.2 Å². The summed E-state index contributed by atoms with van der Waals surface area (Å²) in [5, 5.41) is 21.0. The number of benzene rings is 3. The fraction of sp³-hybridized carbons (Fsp3) is 0.0500.